The minimum absolute atomic E-state index is 0.0634. The zero-order valence-corrected chi connectivity index (χ0v) is 14.3. The Balaban J connectivity index is 1.55. The van der Waals surface area contributed by atoms with Crippen molar-refractivity contribution in [1.29, 1.82) is 0 Å². The summed E-state index contributed by atoms with van der Waals surface area (Å²) in [7, 11) is -3.09. The first-order valence-electron chi connectivity index (χ1n) is 7.90. The van der Waals surface area contributed by atoms with Crippen molar-refractivity contribution >= 4 is 21.4 Å². The second-order valence-electron chi connectivity index (χ2n) is 5.99. The summed E-state index contributed by atoms with van der Waals surface area (Å²) >= 11 is 0. The van der Waals surface area contributed by atoms with Crippen molar-refractivity contribution in [2.75, 3.05) is 16.8 Å². The standard InChI is InChI=1S/C18H18FNO4S/c19-17-4-2-1-3-13(17)11-24-16-7-5-15(6-8-16)20-18(21)14-9-10-25(22,23)12-14/h1-8,14H,9-12H2,(H,20,21)/t14-/m1/s1. The van der Waals surface area contributed by atoms with Crippen LogP contribution in [0, 0.1) is 11.7 Å². The summed E-state index contributed by atoms with van der Waals surface area (Å²) in [6.07, 6.45) is 0.359. The van der Waals surface area contributed by atoms with Gasteiger partial charge in [-0.1, -0.05) is 18.2 Å². The number of nitrogens with one attached hydrogen (secondary N) is 1. The maximum Gasteiger partial charge on any atom is 0.228 e. The Kier molecular flexibility index (Phi) is 5.03. The molecule has 7 heteroatoms. The molecule has 1 atom stereocenters. The van der Waals surface area contributed by atoms with E-state index in [1.165, 1.54) is 6.07 Å². The van der Waals surface area contributed by atoms with Gasteiger partial charge < -0.3 is 10.1 Å². The van der Waals surface area contributed by atoms with Gasteiger partial charge in [-0.3, -0.25) is 4.79 Å². The molecule has 132 valence electrons. The third-order valence-corrected chi connectivity index (χ3v) is 5.85. The highest BCUT2D eigenvalue weighted by atomic mass is 32.2. The van der Waals surface area contributed by atoms with Crippen LogP contribution in [0.15, 0.2) is 48.5 Å². The van der Waals surface area contributed by atoms with Crippen molar-refractivity contribution in [1.82, 2.24) is 0 Å². The number of halogens is 1. The molecule has 0 aliphatic carbocycles. The predicted octanol–water partition coefficient (Wildman–Crippen LogP) is 2.78. The molecule has 0 aromatic heterocycles. The van der Waals surface area contributed by atoms with Gasteiger partial charge in [0.15, 0.2) is 9.84 Å². The van der Waals surface area contributed by atoms with Crippen molar-refractivity contribution in [2.24, 2.45) is 5.92 Å². The van der Waals surface area contributed by atoms with E-state index in [1.807, 2.05) is 0 Å². The van der Waals surface area contributed by atoms with Crippen LogP contribution < -0.4 is 10.1 Å². The summed E-state index contributed by atoms with van der Waals surface area (Å²) in [6, 6.07) is 13.1. The van der Waals surface area contributed by atoms with Crippen LogP contribution in [0.2, 0.25) is 0 Å². The van der Waals surface area contributed by atoms with E-state index in [1.54, 1.807) is 42.5 Å². The lowest BCUT2D eigenvalue weighted by molar-refractivity contribution is -0.119. The fraction of sp³-hybridized carbons (Fsp3) is 0.278. The van der Waals surface area contributed by atoms with Gasteiger partial charge >= 0.3 is 0 Å². The maximum absolute atomic E-state index is 13.5. The zero-order chi connectivity index (χ0) is 17.9. The Morgan fingerprint density at radius 2 is 1.88 bits per heavy atom. The average Bonchev–Trinajstić information content (AvgIpc) is 2.96. The largest absolute Gasteiger partial charge is 0.489 e. The Labute approximate surface area is 145 Å². The molecule has 1 amide bonds. The average molecular weight is 363 g/mol. The molecule has 0 bridgehead atoms. The van der Waals surface area contributed by atoms with Crippen molar-refractivity contribution < 1.29 is 22.3 Å². The van der Waals surface area contributed by atoms with Gasteiger partial charge in [0.25, 0.3) is 0 Å². The summed E-state index contributed by atoms with van der Waals surface area (Å²) in [6.45, 7) is 0.109. The molecule has 2 aromatic carbocycles. The second-order valence-corrected chi connectivity index (χ2v) is 8.22. The number of sulfone groups is 1. The summed E-state index contributed by atoms with van der Waals surface area (Å²) in [5.41, 5.74) is 1.02. The molecule has 1 fully saturated rings. The van der Waals surface area contributed by atoms with Crippen LogP contribution in [0.5, 0.6) is 5.75 Å². The smallest absolute Gasteiger partial charge is 0.228 e. The Morgan fingerprint density at radius 1 is 1.16 bits per heavy atom. The summed E-state index contributed by atoms with van der Waals surface area (Å²) in [4.78, 5) is 12.1. The van der Waals surface area contributed by atoms with Crippen LogP contribution in [0.25, 0.3) is 0 Å². The second kappa shape index (κ2) is 7.23. The van der Waals surface area contributed by atoms with Crippen molar-refractivity contribution in [3.63, 3.8) is 0 Å². The van der Waals surface area contributed by atoms with Gasteiger partial charge in [0.05, 0.1) is 17.4 Å². The minimum atomic E-state index is -3.09. The highest BCUT2D eigenvalue weighted by molar-refractivity contribution is 7.91. The van der Waals surface area contributed by atoms with Gasteiger partial charge in [0.1, 0.15) is 18.2 Å². The van der Waals surface area contributed by atoms with E-state index in [0.717, 1.165) is 0 Å². The molecule has 2 aromatic rings. The molecule has 1 aliphatic rings. The lowest BCUT2D eigenvalue weighted by Gasteiger charge is -2.11. The van der Waals surface area contributed by atoms with E-state index in [4.69, 9.17) is 4.74 Å². The monoisotopic (exact) mass is 363 g/mol. The molecule has 1 N–H and O–H groups in total. The van der Waals surface area contributed by atoms with E-state index < -0.39 is 15.8 Å². The van der Waals surface area contributed by atoms with E-state index in [2.05, 4.69) is 5.32 Å². The number of amides is 1. The van der Waals surface area contributed by atoms with Crippen molar-refractivity contribution in [3.8, 4) is 5.75 Å². The molecule has 3 rings (SSSR count). The molecular weight excluding hydrogens is 345 g/mol. The minimum Gasteiger partial charge on any atom is -0.489 e. The highest BCUT2D eigenvalue weighted by Crippen LogP contribution is 2.22. The third-order valence-electron chi connectivity index (χ3n) is 4.08. The number of hydrogen-bond donors (Lipinski definition) is 1. The van der Waals surface area contributed by atoms with Gasteiger partial charge in [-0.25, -0.2) is 12.8 Å². The topological polar surface area (TPSA) is 72.5 Å². The Morgan fingerprint density at radius 3 is 2.52 bits per heavy atom. The number of anilines is 1. The number of benzene rings is 2. The van der Waals surface area contributed by atoms with E-state index >= 15 is 0 Å². The maximum atomic E-state index is 13.5. The predicted molar refractivity (Wildman–Crippen MR) is 92.6 cm³/mol. The van der Waals surface area contributed by atoms with Crippen LogP contribution in [0.3, 0.4) is 0 Å². The van der Waals surface area contributed by atoms with Gasteiger partial charge in [-0.15, -0.1) is 0 Å². The lowest BCUT2D eigenvalue weighted by Crippen LogP contribution is -2.23. The van der Waals surface area contributed by atoms with Gasteiger partial charge in [-0.05, 0) is 36.8 Å². The van der Waals surface area contributed by atoms with E-state index in [0.29, 0.717) is 23.4 Å². The van der Waals surface area contributed by atoms with Crippen molar-refractivity contribution in [2.45, 2.75) is 13.0 Å². The van der Waals surface area contributed by atoms with Crippen molar-refractivity contribution in [3.05, 3.63) is 59.9 Å². The lowest BCUT2D eigenvalue weighted by atomic mass is 10.1. The summed E-state index contributed by atoms with van der Waals surface area (Å²) < 4.78 is 41.9. The number of hydrogen-bond acceptors (Lipinski definition) is 4. The molecule has 0 saturated carbocycles. The molecule has 1 heterocycles. The molecule has 0 radical (unpaired) electrons. The number of carbonyl (C=O) groups is 1. The first kappa shape index (κ1) is 17.4. The number of ether oxygens (including phenoxy) is 1. The van der Waals surface area contributed by atoms with Gasteiger partial charge in [-0.2, -0.15) is 0 Å². The first-order chi connectivity index (χ1) is 11.9. The van der Waals surface area contributed by atoms with Crippen LogP contribution in [0.4, 0.5) is 10.1 Å². The molecule has 5 nitrogen and oxygen atoms in total. The molecule has 0 spiro atoms. The molecular formula is C18H18FNO4S. The quantitative estimate of drug-likeness (QED) is 0.887. The zero-order valence-electron chi connectivity index (χ0n) is 13.4. The fourth-order valence-electron chi connectivity index (χ4n) is 2.66. The summed E-state index contributed by atoms with van der Waals surface area (Å²) in [5, 5.41) is 2.71. The van der Waals surface area contributed by atoms with Crippen LogP contribution >= 0.6 is 0 Å². The first-order valence-corrected chi connectivity index (χ1v) is 9.73. The number of rotatable bonds is 5. The van der Waals surface area contributed by atoms with Crippen LogP contribution in [0.1, 0.15) is 12.0 Å². The molecule has 1 aliphatic heterocycles. The van der Waals surface area contributed by atoms with Crippen LogP contribution in [-0.4, -0.2) is 25.8 Å². The third kappa shape index (κ3) is 4.57. The number of carbonyl (C=O) groups excluding carboxylic acids is 1. The van der Waals surface area contributed by atoms with Crippen LogP contribution in [-0.2, 0) is 21.2 Å². The Bertz CT molecular complexity index is 865. The highest BCUT2D eigenvalue weighted by Gasteiger charge is 2.32. The molecule has 1 saturated heterocycles. The SMILES string of the molecule is O=C(Nc1ccc(OCc2ccccc2F)cc1)[C@@H]1CCS(=O)(=O)C1. The van der Waals surface area contributed by atoms with E-state index in [9.17, 15) is 17.6 Å². The summed E-state index contributed by atoms with van der Waals surface area (Å²) in [5.74, 6) is -0.595. The fourth-order valence-corrected chi connectivity index (χ4v) is 4.40. The molecule has 25 heavy (non-hydrogen) atoms. The Hall–Kier alpha value is -2.41. The van der Waals surface area contributed by atoms with Gasteiger partial charge in [0.2, 0.25) is 5.91 Å². The normalized spacial score (nSPS) is 18.7. The van der Waals surface area contributed by atoms with E-state index in [-0.39, 0.29) is 29.8 Å². The molecule has 0 unspecified atom stereocenters. The van der Waals surface area contributed by atoms with Gasteiger partial charge in [0, 0.05) is 11.3 Å².